The molecular formula is C23H26N4O2. The number of aliphatic imine (C=N–C) groups is 2. The number of rotatable bonds is 8. The summed E-state index contributed by atoms with van der Waals surface area (Å²) in [5.74, 6) is 1.45. The maximum atomic E-state index is 12.4. The number of hydrogen-bond donors (Lipinski definition) is 1. The first-order valence-electron chi connectivity index (χ1n) is 10.1. The average molecular weight is 390 g/mol. The highest BCUT2D eigenvalue weighted by Gasteiger charge is 2.39. The van der Waals surface area contributed by atoms with E-state index in [4.69, 9.17) is 9.73 Å². The van der Waals surface area contributed by atoms with E-state index in [0.717, 1.165) is 36.3 Å². The number of hydrogen-bond acceptors (Lipinski definition) is 5. The molecule has 0 aromatic heterocycles. The van der Waals surface area contributed by atoms with Crippen LogP contribution in [0.2, 0.25) is 0 Å². The molecule has 2 aromatic rings. The summed E-state index contributed by atoms with van der Waals surface area (Å²) in [7, 11) is 0. The van der Waals surface area contributed by atoms with E-state index in [2.05, 4.69) is 22.1 Å². The van der Waals surface area contributed by atoms with Gasteiger partial charge in [0.1, 0.15) is 18.2 Å². The van der Waals surface area contributed by atoms with Crippen molar-refractivity contribution < 1.29 is 9.53 Å². The molecule has 150 valence electrons. The highest BCUT2D eigenvalue weighted by Crippen LogP contribution is 2.21. The van der Waals surface area contributed by atoms with Crippen molar-refractivity contribution in [3.05, 3.63) is 65.7 Å². The quantitative estimate of drug-likeness (QED) is 0.753. The Morgan fingerprint density at radius 2 is 1.86 bits per heavy atom. The fourth-order valence-electron chi connectivity index (χ4n) is 3.50. The number of benzene rings is 2. The van der Waals surface area contributed by atoms with Gasteiger partial charge in [-0.15, -0.1) is 0 Å². The third kappa shape index (κ3) is 4.65. The van der Waals surface area contributed by atoms with Crippen LogP contribution >= 0.6 is 0 Å². The van der Waals surface area contributed by atoms with Gasteiger partial charge in [0, 0.05) is 13.0 Å². The molecule has 0 saturated heterocycles. The second-order valence-corrected chi connectivity index (χ2v) is 7.37. The molecule has 0 aliphatic carbocycles. The summed E-state index contributed by atoms with van der Waals surface area (Å²) in [6.45, 7) is 3.57. The zero-order valence-electron chi connectivity index (χ0n) is 16.6. The predicted molar refractivity (Wildman–Crippen MR) is 114 cm³/mol. The zero-order chi connectivity index (χ0) is 20.1. The van der Waals surface area contributed by atoms with Crippen LogP contribution in [0.25, 0.3) is 0 Å². The van der Waals surface area contributed by atoms with Crippen molar-refractivity contribution in [3.8, 4) is 5.75 Å². The van der Waals surface area contributed by atoms with Gasteiger partial charge in [-0.3, -0.25) is 9.79 Å². The second kappa shape index (κ2) is 8.90. The van der Waals surface area contributed by atoms with E-state index >= 15 is 0 Å². The van der Waals surface area contributed by atoms with Gasteiger partial charge in [0.05, 0.1) is 6.34 Å². The number of nitrogens with zero attached hydrogens (tertiary/aromatic N) is 3. The third-order valence-corrected chi connectivity index (χ3v) is 5.14. The molecule has 2 aliphatic rings. The van der Waals surface area contributed by atoms with E-state index in [0.29, 0.717) is 18.9 Å². The van der Waals surface area contributed by atoms with E-state index in [1.165, 1.54) is 0 Å². The average Bonchev–Trinajstić information content (AvgIpc) is 3.16. The van der Waals surface area contributed by atoms with Gasteiger partial charge in [0.2, 0.25) is 0 Å². The van der Waals surface area contributed by atoms with Gasteiger partial charge in [-0.1, -0.05) is 55.8 Å². The third-order valence-electron chi connectivity index (χ3n) is 5.14. The molecule has 6 nitrogen and oxygen atoms in total. The van der Waals surface area contributed by atoms with Crippen LogP contribution in [0.1, 0.15) is 30.9 Å². The van der Waals surface area contributed by atoms with Crippen LogP contribution < -0.4 is 10.1 Å². The van der Waals surface area contributed by atoms with Crippen molar-refractivity contribution in [1.29, 1.82) is 0 Å². The van der Waals surface area contributed by atoms with Crippen LogP contribution in [0.15, 0.2) is 64.6 Å². The van der Waals surface area contributed by atoms with Gasteiger partial charge < -0.3 is 15.0 Å². The minimum Gasteiger partial charge on any atom is -0.489 e. The minimum atomic E-state index is -0.427. The van der Waals surface area contributed by atoms with Crippen molar-refractivity contribution in [1.82, 2.24) is 10.2 Å². The Kier molecular flexibility index (Phi) is 5.89. The summed E-state index contributed by atoms with van der Waals surface area (Å²) in [5.41, 5.74) is 2.21. The molecule has 2 heterocycles. The number of amidine groups is 1. The number of amides is 1. The van der Waals surface area contributed by atoms with E-state index in [-0.39, 0.29) is 12.1 Å². The standard InChI is InChI=1S/C23H26N4O2/c1-2-3-13-27-16-24-21-22(27)25-20(26-23(21)28)14-17-9-11-19(12-10-17)29-15-18-7-5-4-6-8-18/h4-12,16,21-22H,2-3,13-15H2,1H3,(H,25,26,28). The molecule has 2 aromatic carbocycles. The molecule has 0 saturated carbocycles. The van der Waals surface area contributed by atoms with E-state index in [1.807, 2.05) is 54.6 Å². The van der Waals surface area contributed by atoms with Crippen LogP contribution in [0.4, 0.5) is 0 Å². The first-order chi connectivity index (χ1) is 14.2. The Morgan fingerprint density at radius 1 is 1.07 bits per heavy atom. The lowest BCUT2D eigenvalue weighted by molar-refractivity contribution is -0.122. The Balaban J connectivity index is 1.37. The van der Waals surface area contributed by atoms with Crippen molar-refractivity contribution in [2.75, 3.05) is 6.54 Å². The molecule has 1 N–H and O–H groups in total. The first kappa shape index (κ1) is 19.2. The Hall–Kier alpha value is -3.15. The lowest BCUT2D eigenvalue weighted by atomic mass is 10.1. The van der Waals surface area contributed by atoms with Crippen LogP contribution in [-0.2, 0) is 17.8 Å². The highest BCUT2D eigenvalue weighted by atomic mass is 16.5. The number of carbonyl (C=O) groups excluding carboxylic acids is 1. The van der Waals surface area contributed by atoms with Crippen LogP contribution in [0.3, 0.4) is 0 Å². The number of fused-ring (bicyclic) bond motifs is 1. The summed E-state index contributed by atoms with van der Waals surface area (Å²) in [4.78, 5) is 23.6. The fraction of sp³-hybridized carbons (Fsp3) is 0.348. The monoisotopic (exact) mass is 390 g/mol. The van der Waals surface area contributed by atoms with Crippen molar-refractivity contribution in [2.24, 2.45) is 9.98 Å². The normalized spacial score (nSPS) is 20.2. The van der Waals surface area contributed by atoms with Gasteiger partial charge in [0.15, 0.2) is 12.2 Å². The molecule has 0 radical (unpaired) electrons. The molecule has 6 heteroatoms. The van der Waals surface area contributed by atoms with Crippen LogP contribution in [0, 0.1) is 0 Å². The van der Waals surface area contributed by atoms with E-state index in [1.54, 1.807) is 6.34 Å². The molecule has 4 rings (SSSR count). The Morgan fingerprint density at radius 3 is 2.62 bits per heavy atom. The van der Waals surface area contributed by atoms with Crippen molar-refractivity contribution in [2.45, 2.75) is 45.0 Å². The summed E-state index contributed by atoms with van der Waals surface area (Å²) in [6, 6.07) is 17.6. The Labute approximate surface area is 171 Å². The van der Waals surface area contributed by atoms with Gasteiger partial charge in [0.25, 0.3) is 5.91 Å². The molecule has 2 aliphatic heterocycles. The lowest BCUT2D eigenvalue weighted by Crippen LogP contribution is -2.51. The van der Waals surface area contributed by atoms with Crippen molar-refractivity contribution >= 4 is 18.1 Å². The lowest BCUT2D eigenvalue weighted by Gasteiger charge is -2.29. The van der Waals surface area contributed by atoms with Crippen molar-refractivity contribution in [3.63, 3.8) is 0 Å². The predicted octanol–water partition coefficient (Wildman–Crippen LogP) is 3.18. The summed E-state index contributed by atoms with van der Waals surface area (Å²) in [6.07, 6.45) is 4.31. The van der Waals surface area contributed by atoms with Crippen LogP contribution in [0.5, 0.6) is 5.75 Å². The summed E-state index contributed by atoms with van der Waals surface area (Å²) in [5, 5.41) is 2.91. The van der Waals surface area contributed by atoms with Gasteiger partial charge in [-0.25, -0.2) is 4.99 Å². The SMILES string of the molecule is CCCCN1C=NC2C(=O)NC(Cc3ccc(OCc4ccccc4)cc3)=NC21. The Bertz CT molecular complexity index is 893. The number of carbonyl (C=O) groups is 1. The zero-order valence-corrected chi connectivity index (χ0v) is 16.6. The fourth-order valence-corrected chi connectivity index (χ4v) is 3.50. The first-order valence-corrected chi connectivity index (χ1v) is 10.1. The molecule has 1 amide bonds. The summed E-state index contributed by atoms with van der Waals surface area (Å²) < 4.78 is 5.84. The maximum absolute atomic E-state index is 12.4. The topological polar surface area (TPSA) is 66.3 Å². The van der Waals surface area contributed by atoms with E-state index in [9.17, 15) is 4.79 Å². The largest absolute Gasteiger partial charge is 0.489 e. The number of unbranched alkanes of at least 4 members (excludes halogenated alkanes) is 1. The molecule has 29 heavy (non-hydrogen) atoms. The van der Waals surface area contributed by atoms with Gasteiger partial charge in [-0.05, 0) is 29.7 Å². The molecule has 0 bridgehead atoms. The van der Waals surface area contributed by atoms with Gasteiger partial charge in [-0.2, -0.15) is 0 Å². The molecule has 2 atom stereocenters. The maximum Gasteiger partial charge on any atom is 0.254 e. The van der Waals surface area contributed by atoms with Gasteiger partial charge >= 0.3 is 0 Å². The molecular weight excluding hydrogens is 364 g/mol. The number of nitrogens with one attached hydrogen (secondary N) is 1. The highest BCUT2D eigenvalue weighted by molar-refractivity contribution is 6.04. The molecule has 0 fully saturated rings. The van der Waals surface area contributed by atoms with Crippen LogP contribution in [-0.4, -0.2) is 41.7 Å². The van der Waals surface area contributed by atoms with E-state index < -0.39 is 6.04 Å². The summed E-state index contributed by atoms with van der Waals surface area (Å²) >= 11 is 0. The minimum absolute atomic E-state index is 0.0712. The molecule has 2 unspecified atom stereocenters. The molecule has 0 spiro atoms. The number of ether oxygens (including phenoxy) is 1. The second-order valence-electron chi connectivity index (χ2n) is 7.37. The smallest absolute Gasteiger partial charge is 0.254 e.